The van der Waals surface area contributed by atoms with Crippen molar-refractivity contribution in [2.75, 3.05) is 24.2 Å². The van der Waals surface area contributed by atoms with Crippen LogP contribution in [-0.4, -0.2) is 41.4 Å². The van der Waals surface area contributed by atoms with Gasteiger partial charge in [0.25, 0.3) is 0 Å². The van der Waals surface area contributed by atoms with Gasteiger partial charge >= 0.3 is 0 Å². The van der Waals surface area contributed by atoms with Gasteiger partial charge in [0, 0.05) is 25.7 Å². The Bertz CT molecular complexity index is 767. The number of hydrogen-bond acceptors (Lipinski definition) is 5. The molecule has 25 heavy (non-hydrogen) atoms. The molecule has 2 rings (SSSR count). The van der Waals surface area contributed by atoms with Crippen molar-refractivity contribution in [3.8, 4) is 0 Å². The Kier molecular flexibility index (Phi) is 5.89. The number of nitrogens with zero attached hydrogens (tertiary/aromatic N) is 2. The number of hydrogen-bond donors (Lipinski definition) is 2. The topological polar surface area (TPSA) is 105 Å². The number of aromatic nitrogens is 1. The minimum Gasteiger partial charge on any atom is -0.360 e. The predicted octanol–water partition coefficient (Wildman–Crippen LogP) is 1.58. The predicted molar refractivity (Wildman–Crippen MR) is 92.0 cm³/mol. The van der Waals surface area contributed by atoms with Gasteiger partial charge in [-0.2, -0.15) is 0 Å². The molecule has 8 heteroatoms. The number of benzene rings is 1. The van der Waals surface area contributed by atoms with E-state index in [-0.39, 0.29) is 30.7 Å². The van der Waals surface area contributed by atoms with Crippen molar-refractivity contribution < 1.29 is 18.9 Å². The Labute approximate surface area is 145 Å². The maximum Gasteiger partial charge on any atom is 0.245 e. The molecule has 1 aromatic carbocycles. The average molecular weight is 344 g/mol. The van der Waals surface area contributed by atoms with Gasteiger partial charge in [0.05, 0.1) is 13.0 Å². The lowest BCUT2D eigenvalue weighted by Crippen LogP contribution is -2.35. The Hall–Kier alpha value is -3.16. The summed E-state index contributed by atoms with van der Waals surface area (Å²) in [5, 5.41) is 8.88. The van der Waals surface area contributed by atoms with Crippen molar-refractivity contribution in [1.29, 1.82) is 0 Å². The highest BCUT2D eigenvalue weighted by Crippen LogP contribution is 2.11. The van der Waals surface area contributed by atoms with Crippen LogP contribution in [0.3, 0.4) is 0 Å². The zero-order chi connectivity index (χ0) is 18.4. The van der Waals surface area contributed by atoms with E-state index < -0.39 is 0 Å². The Morgan fingerprint density at radius 1 is 1.16 bits per heavy atom. The molecule has 8 nitrogen and oxygen atoms in total. The van der Waals surface area contributed by atoms with Crippen LogP contribution in [0.15, 0.2) is 34.9 Å². The maximum absolute atomic E-state index is 12.2. The van der Waals surface area contributed by atoms with Crippen LogP contribution in [0.25, 0.3) is 0 Å². The molecule has 0 aliphatic heterocycles. The van der Waals surface area contributed by atoms with E-state index >= 15 is 0 Å². The molecule has 0 aliphatic carbocycles. The summed E-state index contributed by atoms with van der Waals surface area (Å²) in [6.07, 6.45) is 0.160. The van der Waals surface area contributed by atoms with Gasteiger partial charge < -0.3 is 20.1 Å². The summed E-state index contributed by atoms with van der Waals surface area (Å²) in [4.78, 5) is 36.4. The van der Waals surface area contributed by atoms with Gasteiger partial charge in [-0.3, -0.25) is 14.4 Å². The second-order valence-corrected chi connectivity index (χ2v) is 5.68. The van der Waals surface area contributed by atoms with Gasteiger partial charge in [-0.05, 0) is 24.6 Å². The molecule has 0 aliphatic rings. The molecule has 0 atom stereocenters. The Balaban J connectivity index is 1.84. The molecule has 0 spiro atoms. The first-order valence-corrected chi connectivity index (χ1v) is 7.67. The van der Waals surface area contributed by atoms with E-state index in [9.17, 15) is 14.4 Å². The molecule has 1 heterocycles. The summed E-state index contributed by atoms with van der Waals surface area (Å²) < 4.78 is 4.86. The van der Waals surface area contributed by atoms with Gasteiger partial charge in [0.1, 0.15) is 5.76 Å². The molecular weight excluding hydrogens is 324 g/mol. The molecule has 132 valence electrons. The van der Waals surface area contributed by atoms with Gasteiger partial charge in [-0.25, -0.2) is 0 Å². The third kappa shape index (κ3) is 5.76. The van der Waals surface area contributed by atoms with E-state index in [2.05, 4.69) is 15.8 Å². The van der Waals surface area contributed by atoms with E-state index in [1.54, 1.807) is 44.3 Å². The minimum atomic E-state index is -0.356. The molecule has 0 bridgehead atoms. The van der Waals surface area contributed by atoms with Crippen molar-refractivity contribution in [2.45, 2.75) is 20.3 Å². The lowest BCUT2D eigenvalue weighted by Gasteiger charge is -2.16. The summed E-state index contributed by atoms with van der Waals surface area (Å²) >= 11 is 0. The SMILES string of the molecule is CC(=O)Nc1ccc(CC(=O)N(C)CC(=O)Nc2cc(C)on2)cc1. The molecule has 0 saturated heterocycles. The Morgan fingerprint density at radius 3 is 2.40 bits per heavy atom. The van der Waals surface area contributed by atoms with Crippen molar-refractivity contribution >= 4 is 29.2 Å². The molecule has 3 amide bonds. The van der Waals surface area contributed by atoms with E-state index in [4.69, 9.17) is 4.52 Å². The zero-order valence-electron chi connectivity index (χ0n) is 14.3. The number of anilines is 2. The van der Waals surface area contributed by atoms with Crippen LogP contribution in [0.1, 0.15) is 18.2 Å². The summed E-state index contributed by atoms with van der Waals surface area (Å²) in [6, 6.07) is 8.56. The lowest BCUT2D eigenvalue weighted by atomic mass is 10.1. The first kappa shape index (κ1) is 18.2. The summed E-state index contributed by atoms with van der Waals surface area (Å²) in [7, 11) is 1.56. The smallest absolute Gasteiger partial charge is 0.245 e. The van der Waals surface area contributed by atoms with Crippen molar-refractivity contribution in [3.63, 3.8) is 0 Å². The molecular formula is C17H20N4O4. The molecule has 0 saturated carbocycles. The maximum atomic E-state index is 12.2. The highest BCUT2D eigenvalue weighted by atomic mass is 16.5. The molecule has 0 unspecified atom stereocenters. The summed E-state index contributed by atoms with van der Waals surface area (Å²) in [5.74, 6) is 0.195. The van der Waals surface area contributed by atoms with Crippen LogP contribution >= 0.6 is 0 Å². The molecule has 2 N–H and O–H groups in total. The third-order valence-electron chi connectivity index (χ3n) is 3.33. The molecule has 2 aromatic rings. The fourth-order valence-electron chi connectivity index (χ4n) is 2.13. The second kappa shape index (κ2) is 8.09. The molecule has 0 radical (unpaired) electrons. The standard InChI is InChI=1S/C17H20N4O4/c1-11-8-15(20-25-11)19-16(23)10-21(3)17(24)9-13-4-6-14(7-5-13)18-12(2)22/h4-8H,9-10H2,1-3H3,(H,18,22)(H,19,20,23). The highest BCUT2D eigenvalue weighted by Gasteiger charge is 2.14. The molecule has 1 aromatic heterocycles. The van der Waals surface area contributed by atoms with E-state index in [1.165, 1.54) is 11.8 Å². The number of amides is 3. The fraction of sp³-hybridized carbons (Fsp3) is 0.294. The van der Waals surface area contributed by atoms with E-state index in [0.717, 1.165) is 5.56 Å². The quantitative estimate of drug-likeness (QED) is 0.828. The first-order chi connectivity index (χ1) is 11.8. The number of carbonyl (C=O) groups is 3. The van der Waals surface area contributed by atoms with Crippen molar-refractivity contribution in [3.05, 3.63) is 41.7 Å². The average Bonchev–Trinajstić information content (AvgIpc) is 2.93. The highest BCUT2D eigenvalue weighted by molar-refractivity contribution is 5.94. The van der Waals surface area contributed by atoms with Crippen LogP contribution in [0.4, 0.5) is 11.5 Å². The normalized spacial score (nSPS) is 10.2. The van der Waals surface area contributed by atoms with Crippen LogP contribution in [0.2, 0.25) is 0 Å². The number of rotatable bonds is 6. The Morgan fingerprint density at radius 2 is 1.84 bits per heavy atom. The zero-order valence-corrected chi connectivity index (χ0v) is 14.3. The monoisotopic (exact) mass is 344 g/mol. The summed E-state index contributed by atoms with van der Waals surface area (Å²) in [6.45, 7) is 3.06. The van der Waals surface area contributed by atoms with Crippen molar-refractivity contribution in [1.82, 2.24) is 10.1 Å². The van der Waals surface area contributed by atoms with Crippen LogP contribution in [0.5, 0.6) is 0 Å². The molecule has 0 fully saturated rings. The minimum absolute atomic E-state index is 0.0886. The van der Waals surface area contributed by atoms with Crippen LogP contribution < -0.4 is 10.6 Å². The van der Waals surface area contributed by atoms with Gasteiger partial charge in [-0.15, -0.1) is 0 Å². The second-order valence-electron chi connectivity index (χ2n) is 5.68. The van der Waals surface area contributed by atoms with E-state index in [1.807, 2.05) is 0 Å². The van der Waals surface area contributed by atoms with Gasteiger partial charge in [0.2, 0.25) is 17.7 Å². The number of nitrogens with one attached hydrogen (secondary N) is 2. The number of likely N-dealkylation sites (N-methyl/N-ethyl adjacent to an activating group) is 1. The summed E-state index contributed by atoms with van der Waals surface area (Å²) in [5.41, 5.74) is 1.46. The number of aryl methyl sites for hydroxylation is 1. The van der Waals surface area contributed by atoms with Gasteiger partial charge in [0.15, 0.2) is 5.82 Å². The van der Waals surface area contributed by atoms with Crippen LogP contribution in [0, 0.1) is 6.92 Å². The first-order valence-electron chi connectivity index (χ1n) is 7.67. The lowest BCUT2D eigenvalue weighted by molar-refractivity contribution is -0.132. The van der Waals surface area contributed by atoms with Crippen molar-refractivity contribution in [2.24, 2.45) is 0 Å². The van der Waals surface area contributed by atoms with E-state index in [0.29, 0.717) is 17.3 Å². The fourth-order valence-corrected chi connectivity index (χ4v) is 2.13. The van der Waals surface area contributed by atoms with Crippen LogP contribution in [-0.2, 0) is 20.8 Å². The number of carbonyl (C=O) groups excluding carboxylic acids is 3. The largest absolute Gasteiger partial charge is 0.360 e. The third-order valence-corrected chi connectivity index (χ3v) is 3.33. The van der Waals surface area contributed by atoms with Gasteiger partial charge in [-0.1, -0.05) is 17.3 Å².